The van der Waals surface area contributed by atoms with Gasteiger partial charge in [-0.15, -0.1) is 0 Å². The van der Waals surface area contributed by atoms with E-state index in [0.29, 0.717) is 22.2 Å². The van der Waals surface area contributed by atoms with Crippen LogP contribution < -0.4 is 10.6 Å². The van der Waals surface area contributed by atoms with Crippen LogP contribution in [0.5, 0.6) is 0 Å². The molecule has 4 rings (SSSR count). The molecule has 1 amide bonds. The van der Waals surface area contributed by atoms with E-state index in [9.17, 15) is 18.0 Å². The summed E-state index contributed by atoms with van der Waals surface area (Å²) in [6.45, 7) is 1.08. The van der Waals surface area contributed by atoms with Crippen molar-refractivity contribution < 1.29 is 18.0 Å². The summed E-state index contributed by atoms with van der Waals surface area (Å²) < 4.78 is 39.9. The Bertz CT molecular complexity index is 840. The summed E-state index contributed by atoms with van der Waals surface area (Å²) >= 11 is 0. The number of nitrogens with one attached hydrogen (secondary N) is 2. The maximum absolute atomic E-state index is 13.1. The van der Waals surface area contributed by atoms with Crippen LogP contribution in [0.3, 0.4) is 0 Å². The molecule has 144 valence electrons. The molecule has 0 spiro atoms. The number of carbonyl (C=O) groups excluding carboxylic acids is 1. The molecule has 2 saturated carbocycles. The number of nitrogens with zero attached hydrogens (tertiary/aromatic N) is 2. The molecule has 2 N–H and O–H groups in total. The minimum absolute atomic E-state index is 0.318. The van der Waals surface area contributed by atoms with Crippen molar-refractivity contribution in [2.75, 3.05) is 11.9 Å². The fourth-order valence-corrected chi connectivity index (χ4v) is 3.37. The molecule has 8 heteroatoms. The van der Waals surface area contributed by atoms with E-state index in [1.165, 1.54) is 19.9 Å². The molecule has 1 aromatic heterocycles. The van der Waals surface area contributed by atoms with Gasteiger partial charge in [0.15, 0.2) is 5.69 Å². The maximum Gasteiger partial charge on any atom is 0.435 e. The monoisotopic (exact) mass is 378 g/mol. The second-order valence-electron chi connectivity index (χ2n) is 7.40. The average molecular weight is 378 g/mol. The summed E-state index contributed by atoms with van der Waals surface area (Å²) in [7, 11) is 1.19. The predicted molar refractivity (Wildman–Crippen MR) is 94.5 cm³/mol. The lowest BCUT2D eigenvalue weighted by atomic mass is 10.1. The zero-order valence-electron chi connectivity index (χ0n) is 14.9. The van der Waals surface area contributed by atoms with Crippen LogP contribution in [0.2, 0.25) is 0 Å². The highest BCUT2D eigenvalue weighted by Gasteiger charge is 2.39. The number of hydrogen-bond acceptors (Lipinski definition) is 3. The van der Waals surface area contributed by atoms with Gasteiger partial charge in [0.05, 0.1) is 11.9 Å². The van der Waals surface area contributed by atoms with Crippen molar-refractivity contribution >= 4 is 11.6 Å². The predicted octanol–water partition coefficient (Wildman–Crippen LogP) is 3.55. The van der Waals surface area contributed by atoms with Gasteiger partial charge in [0.2, 0.25) is 0 Å². The van der Waals surface area contributed by atoms with Crippen LogP contribution in [0.1, 0.15) is 46.8 Å². The lowest BCUT2D eigenvalue weighted by Crippen LogP contribution is -2.20. The van der Waals surface area contributed by atoms with Crippen LogP contribution in [-0.2, 0) is 13.2 Å². The third-order valence-corrected chi connectivity index (χ3v) is 5.21. The molecule has 0 radical (unpaired) electrons. The number of carbonyl (C=O) groups is 1. The molecule has 2 aliphatic carbocycles. The fourth-order valence-electron chi connectivity index (χ4n) is 3.37. The standard InChI is InChI=1S/C19H21F3N4O/c1-26-17(19(20,21)22)16(10-24-26)25-18(27)13-6-4-12(5-7-13)14-8-15(14)23-9-11-2-3-11/h4-7,10-11,14-15,23H,2-3,8-9H2,1H3,(H,25,27)/t14-,15+/m0/s1. The molecule has 2 aromatic rings. The lowest BCUT2D eigenvalue weighted by Gasteiger charge is -2.11. The van der Waals surface area contributed by atoms with E-state index in [2.05, 4.69) is 15.7 Å². The van der Waals surface area contributed by atoms with Gasteiger partial charge >= 0.3 is 6.18 Å². The second kappa shape index (κ2) is 6.67. The highest BCUT2D eigenvalue weighted by molar-refractivity contribution is 6.04. The van der Waals surface area contributed by atoms with Crippen LogP contribution in [0, 0.1) is 5.92 Å². The molecule has 5 nitrogen and oxygen atoms in total. The van der Waals surface area contributed by atoms with Crippen LogP contribution in [0.15, 0.2) is 30.5 Å². The van der Waals surface area contributed by atoms with Crippen molar-refractivity contribution in [2.45, 2.75) is 37.4 Å². The Morgan fingerprint density at radius 2 is 1.96 bits per heavy atom. The highest BCUT2D eigenvalue weighted by Crippen LogP contribution is 2.41. The number of rotatable bonds is 6. The summed E-state index contributed by atoms with van der Waals surface area (Å²) in [5.41, 5.74) is 0.150. The number of aryl methyl sites for hydroxylation is 1. The summed E-state index contributed by atoms with van der Waals surface area (Å²) in [5, 5.41) is 9.47. The van der Waals surface area contributed by atoms with Crippen molar-refractivity contribution in [3.63, 3.8) is 0 Å². The zero-order valence-corrected chi connectivity index (χ0v) is 14.9. The van der Waals surface area contributed by atoms with Gasteiger partial charge < -0.3 is 10.6 Å². The Balaban J connectivity index is 1.39. The minimum Gasteiger partial charge on any atom is -0.319 e. The Hall–Kier alpha value is -2.35. The van der Waals surface area contributed by atoms with Gasteiger partial charge in [-0.2, -0.15) is 18.3 Å². The van der Waals surface area contributed by atoms with E-state index in [1.54, 1.807) is 12.1 Å². The number of alkyl halides is 3. The Kier molecular flexibility index (Phi) is 4.46. The summed E-state index contributed by atoms with van der Waals surface area (Å²) in [6.07, 6.45) is 0.146. The topological polar surface area (TPSA) is 59.0 Å². The molecule has 0 saturated heterocycles. The first-order valence-corrected chi connectivity index (χ1v) is 9.07. The first-order valence-electron chi connectivity index (χ1n) is 9.07. The molecule has 0 aliphatic heterocycles. The van der Waals surface area contributed by atoms with Crippen molar-refractivity contribution in [3.8, 4) is 0 Å². The highest BCUT2D eigenvalue weighted by atomic mass is 19.4. The molecule has 0 bridgehead atoms. The minimum atomic E-state index is -4.59. The van der Waals surface area contributed by atoms with E-state index >= 15 is 0 Å². The Morgan fingerprint density at radius 3 is 2.59 bits per heavy atom. The van der Waals surface area contributed by atoms with Gasteiger partial charge in [-0.1, -0.05) is 12.1 Å². The van der Waals surface area contributed by atoms with Crippen molar-refractivity contribution in [2.24, 2.45) is 13.0 Å². The number of aromatic nitrogens is 2. The molecule has 1 aromatic carbocycles. The average Bonchev–Trinajstić information content (AvgIpc) is 3.51. The lowest BCUT2D eigenvalue weighted by molar-refractivity contribution is -0.143. The van der Waals surface area contributed by atoms with Gasteiger partial charge in [0.1, 0.15) is 0 Å². The molecule has 2 fully saturated rings. The molecule has 1 heterocycles. The smallest absolute Gasteiger partial charge is 0.319 e. The number of halogens is 3. The SMILES string of the molecule is Cn1ncc(NC(=O)c2ccc([C@@H]3C[C@H]3NCC3CC3)cc2)c1C(F)(F)F. The van der Waals surface area contributed by atoms with Crippen molar-refractivity contribution in [1.82, 2.24) is 15.1 Å². The Labute approximate surface area is 154 Å². The molecule has 2 atom stereocenters. The molecule has 0 unspecified atom stereocenters. The van der Waals surface area contributed by atoms with Crippen LogP contribution in [-0.4, -0.2) is 28.3 Å². The fraction of sp³-hybridized carbons (Fsp3) is 0.474. The van der Waals surface area contributed by atoms with E-state index < -0.39 is 17.8 Å². The largest absolute Gasteiger partial charge is 0.435 e. The van der Waals surface area contributed by atoms with Crippen LogP contribution in [0.4, 0.5) is 18.9 Å². The third-order valence-electron chi connectivity index (χ3n) is 5.21. The van der Waals surface area contributed by atoms with E-state index in [-0.39, 0.29) is 5.69 Å². The van der Waals surface area contributed by atoms with Gasteiger partial charge in [0, 0.05) is 24.6 Å². The second-order valence-corrected chi connectivity index (χ2v) is 7.40. The number of hydrogen-bond donors (Lipinski definition) is 2. The number of amides is 1. The molecular weight excluding hydrogens is 357 g/mol. The van der Waals surface area contributed by atoms with Gasteiger partial charge in [0.25, 0.3) is 5.91 Å². The number of benzene rings is 1. The third kappa shape index (κ3) is 4.00. The van der Waals surface area contributed by atoms with Gasteiger partial charge in [-0.25, -0.2) is 0 Å². The van der Waals surface area contributed by atoms with Gasteiger partial charge in [-0.3, -0.25) is 9.48 Å². The van der Waals surface area contributed by atoms with E-state index in [1.807, 2.05) is 12.1 Å². The summed E-state index contributed by atoms with van der Waals surface area (Å²) in [6, 6.07) is 7.57. The normalized spacial score (nSPS) is 21.9. The summed E-state index contributed by atoms with van der Waals surface area (Å²) in [4.78, 5) is 12.3. The van der Waals surface area contributed by atoms with Crippen molar-refractivity contribution in [1.29, 1.82) is 0 Å². The number of anilines is 1. The molecule has 27 heavy (non-hydrogen) atoms. The maximum atomic E-state index is 13.1. The zero-order chi connectivity index (χ0) is 19.2. The van der Waals surface area contributed by atoms with Crippen molar-refractivity contribution in [3.05, 3.63) is 47.3 Å². The van der Waals surface area contributed by atoms with Gasteiger partial charge in [-0.05, 0) is 49.4 Å². The first kappa shape index (κ1) is 18.0. The quantitative estimate of drug-likeness (QED) is 0.808. The van der Waals surface area contributed by atoms with Crippen LogP contribution in [0.25, 0.3) is 0 Å². The Morgan fingerprint density at radius 1 is 1.26 bits per heavy atom. The first-order chi connectivity index (χ1) is 12.8. The molecule has 2 aliphatic rings. The van der Waals surface area contributed by atoms with E-state index in [4.69, 9.17) is 0 Å². The van der Waals surface area contributed by atoms with Crippen LogP contribution >= 0.6 is 0 Å². The van der Waals surface area contributed by atoms with E-state index in [0.717, 1.165) is 30.6 Å². The molecular formula is C19H21F3N4O. The summed E-state index contributed by atoms with van der Waals surface area (Å²) in [5.74, 6) is 0.710.